The molecule has 0 saturated heterocycles. The molecular weight excluding hydrogens is 186 g/mol. The topological polar surface area (TPSA) is 35.2 Å². The number of hydrogen-bond donors (Lipinski definition) is 1. The zero-order chi connectivity index (χ0) is 10.0. The number of rotatable bonds is 2. The van der Waals surface area contributed by atoms with Crippen LogP contribution in [-0.4, -0.2) is 7.11 Å². The van der Waals surface area contributed by atoms with Crippen LogP contribution in [0.2, 0.25) is 5.02 Å². The van der Waals surface area contributed by atoms with Gasteiger partial charge in [-0.3, -0.25) is 0 Å². The lowest BCUT2D eigenvalue weighted by Crippen LogP contribution is -1.99. The summed E-state index contributed by atoms with van der Waals surface area (Å²) in [5.74, 6) is 0.710. The van der Waals surface area contributed by atoms with Crippen molar-refractivity contribution in [1.29, 1.82) is 0 Å². The summed E-state index contributed by atoms with van der Waals surface area (Å²) in [5.41, 5.74) is 8.53. The molecule has 0 aliphatic heterocycles. The number of halogens is 1. The molecule has 2 N–H and O–H groups in total. The van der Waals surface area contributed by atoms with Gasteiger partial charge in [0.1, 0.15) is 5.75 Å². The first-order valence-corrected chi connectivity index (χ1v) is 4.61. The molecule has 0 fully saturated rings. The van der Waals surface area contributed by atoms with Gasteiger partial charge in [-0.2, -0.15) is 0 Å². The molecule has 1 aromatic rings. The summed E-state index contributed by atoms with van der Waals surface area (Å²) in [5, 5.41) is 0.661. The van der Waals surface area contributed by atoms with Gasteiger partial charge in [-0.05, 0) is 25.0 Å². The Bertz CT molecular complexity index is 323. The Kier molecular flexibility index (Phi) is 3.04. The first kappa shape index (κ1) is 10.2. The normalized spacial score (nSPS) is 10.2. The maximum absolute atomic E-state index is 6.07. The number of nitrogen functional groups attached to an aromatic ring is 1. The van der Waals surface area contributed by atoms with Crippen LogP contribution in [0.25, 0.3) is 0 Å². The third-order valence-electron chi connectivity index (χ3n) is 2.10. The number of nitrogens with two attached hydrogens (primary N) is 1. The van der Waals surface area contributed by atoms with Gasteiger partial charge in [-0.1, -0.05) is 18.5 Å². The third-order valence-corrected chi connectivity index (χ3v) is 2.57. The van der Waals surface area contributed by atoms with Crippen molar-refractivity contribution in [2.75, 3.05) is 12.8 Å². The van der Waals surface area contributed by atoms with Crippen LogP contribution < -0.4 is 10.5 Å². The van der Waals surface area contributed by atoms with E-state index in [0.717, 1.165) is 23.2 Å². The van der Waals surface area contributed by atoms with Crippen molar-refractivity contribution < 1.29 is 4.74 Å². The van der Waals surface area contributed by atoms with Crippen LogP contribution in [0.5, 0.6) is 5.75 Å². The molecule has 2 nitrogen and oxygen atoms in total. The number of benzene rings is 1. The van der Waals surface area contributed by atoms with Crippen LogP contribution in [0.4, 0.5) is 5.69 Å². The molecule has 0 heterocycles. The van der Waals surface area contributed by atoms with E-state index >= 15 is 0 Å². The Morgan fingerprint density at radius 1 is 1.54 bits per heavy atom. The lowest BCUT2D eigenvalue weighted by molar-refractivity contribution is 0.410. The van der Waals surface area contributed by atoms with Gasteiger partial charge in [0.05, 0.1) is 12.1 Å². The van der Waals surface area contributed by atoms with E-state index in [4.69, 9.17) is 22.1 Å². The van der Waals surface area contributed by atoms with E-state index in [2.05, 4.69) is 0 Å². The highest BCUT2D eigenvalue weighted by molar-refractivity contribution is 6.33. The molecule has 0 saturated carbocycles. The summed E-state index contributed by atoms with van der Waals surface area (Å²) in [7, 11) is 1.61. The first-order valence-electron chi connectivity index (χ1n) is 4.23. The van der Waals surface area contributed by atoms with Gasteiger partial charge in [0, 0.05) is 11.3 Å². The van der Waals surface area contributed by atoms with Crippen molar-refractivity contribution in [3.05, 3.63) is 22.2 Å². The van der Waals surface area contributed by atoms with Gasteiger partial charge in [0.15, 0.2) is 0 Å². The smallest absolute Gasteiger partial charge is 0.142 e. The average molecular weight is 200 g/mol. The SMILES string of the molecule is CCc1c(N)cc(C)c(Cl)c1OC. The number of ether oxygens (including phenoxy) is 1. The zero-order valence-electron chi connectivity index (χ0n) is 8.15. The first-order chi connectivity index (χ1) is 6.11. The molecule has 1 aromatic carbocycles. The summed E-state index contributed by atoms with van der Waals surface area (Å²) in [6.07, 6.45) is 0.828. The van der Waals surface area contributed by atoms with E-state index in [9.17, 15) is 0 Å². The van der Waals surface area contributed by atoms with Crippen LogP contribution in [0.1, 0.15) is 18.1 Å². The third kappa shape index (κ3) is 1.73. The van der Waals surface area contributed by atoms with Gasteiger partial charge in [0.2, 0.25) is 0 Å². The zero-order valence-corrected chi connectivity index (χ0v) is 8.90. The van der Waals surface area contributed by atoms with Crippen molar-refractivity contribution in [3.8, 4) is 5.75 Å². The molecule has 0 aliphatic rings. The predicted octanol–water partition coefficient (Wildman–Crippen LogP) is 2.80. The van der Waals surface area contributed by atoms with Crippen molar-refractivity contribution in [2.45, 2.75) is 20.3 Å². The Balaban J connectivity index is 3.41. The molecule has 0 atom stereocenters. The quantitative estimate of drug-likeness (QED) is 0.744. The van der Waals surface area contributed by atoms with Gasteiger partial charge in [0.25, 0.3) is 0 Å². The average Bonchev–Trinajstić information content (AvgIpc) is 2.10. The second-order valence-electron chi connectivity index (χ2n) is 2.96. The highest BCUT2D eigenvalue weighted by Gasteiger charge is 2.12. The Labute approximate surface area is 83.6 Å². The largest absolute Gasteiger partial charge is 0.495 e. The summed E-state index contributed by atoms with van der Waals surface area (Å²) < 4.78 is 5.22. The van der Waals surface area contributed by atoms with Gasteiger partial charge >= 0.3 is 0 Å². The fourth-order valence-electron chi connectivity index (χ4n) is 1.40. The van der Waals surface area contributed by atoms with Gasteiger partial charge in [-0.25, -0.2) is 0 Å². The molecule has 1 rings (SSSR count). The molecule has 72 valence electrons. The monoisotopic (exact) mass is 199 g/mol. The molecular formula is C10H14ClNO. The second kappa shape index (κ2) is 3.88. The molecule has 0 aliphatic carbocycles. The Morgan fingerprint density at radius 2 is 2.15 bits per heavy atom. The van der Waals surface area contributed by atoms with Crippen molar-refractivity contribution in [1.82, 2.24) is 0 Å². The van der Waals surface area contributed by atoms with E-state index < -0.39 is 0 Å². The van der Waals surface area contributed by atoms with E-state index in [1.807, 2.05) is 19.9 Å². The van der Waals surface area contributed by atoms with E-state index in [1.165, 1.54) is 0 Å². The molecule has 0 amide bonds. The molecule has 0 bridgehead atoms. The second-order valence-corrected chi connectivity index (χ2v) is 3.34. The summed E-state index contributed by atoms with van der Waals surface area (Å²) in [4.78, 5) is 0. The van der Waals surface area contributed by atoms with Gasteiger partial charge in [-0.15, -0.1) is 0 Å². The van der Waals surface area contributed by atoms with E-state index in [0.29, 0.717) is 10.8 Å². The van der Waals surface area contributed by atoms with Crippen LogP contribution in [0, 0.1) is 6.92 Å². The van der Waals surface area contributed by atoms with Crippen LogP contribution in [-0.2, 0) is 6.42 Å². The molecule has 3 heteroatoms. The van der Waals surface area contributed by atoms with Crippen LogP contribution in [0.3, 0.4) is 0 Å². The van der Waals surface area contributed by atoms with E-state index in [1.54, 1.807) is 7.11 Å². The summed E-state index contributed by atoms with van der Waals surface area (Å²) >= 11 is 6.07. The molecule has 0 unspecified atom stereocenters. The fourth-order valence-corrected chi connectivity index (χ4v) is 1.65. The van der Waals surface area contributed by atoms with E-state index in [-0.39, 0.29) is 0 Å². The minimum absolute atomic E-state index is 0.661. The van der Waals surface area contributed by atoms with Gasteiger partial charge < -0.3 is 10.5 Å². The number of hydrogen-bond acceptors (Lipinski definition) is 2. The number of anilines is 1. The minimum Gasteiger partial charge on any atom is -0.495 e. The molecule has 0 spiro atoms. The van der Waals surface area contributed by atoms with Crippen molar-refractivity contribution >= 4 is 17.3 Å². The maximum atomic E-state index is 6.07. The Morgan fingerprint density at radius 3 is 2.62 bits per heavy atom. The fraction of sp³-hybridized carbons (Fsp3) is 0.400. The summed E-state index contributed by atoms with van der Waals surface area (Å²) in [6.45, 7) is 3.94. The minimum atomic E-state index is 0.661. The van der Waals surface area contributed by atoms with Crippen molar-refractivity contribution in [3.63, 3.8) is 0 Å². The van der Waals surface area contributed by atoms with Crippen LogP contribution in [0.15, 0.2) is 6.07 Å². The lowest BCUT2D eigenvalue weighted by Gasteiger charge is -2.13. The number of methoxy groups -OCH3 is 1. The Hall–Kier alpha value is -0.890. The molecule has 13 heavy (non-hydrogen) atoms. The highest BCUT2D eigenvalue weighted by atomic mass is 35.5. The van der Waals surface area contributed by atoms with Crippen molar-refractivity contribution in [2.24, 2.45) is 0 Å². The maximum Gasteiger partial charge on any atom is 0.142 e. The molecule has 0 radical (unpaired) electrons. The predicted molar refractivity (Wildman–Crippen MR) is 56.5 cm³/mol. The summed E-state index contributed by atoms with van der Waals surface area (Å²) in [6, 6.07) is 1.88. The highest BCUT2D eigenvalue weighted by Crippen LogP contribution is 2.35. The molecule has 0 aromatic heterocycles. The van der Waals surface area contributed by atoms with Crippen LogP contribution >= 0.6 is 11.6 Å². The lowest BCUT2D eigenvalue weighted by atomic mass is 10.1. The standard InChI is InChI=1S/C10H14ClNO/c1-4-7-8(12)5-6(2)9(11)10(7)13-3/h5H,4,12H2,1-3H3. The number of aryl methyl sites for hydroxylation is 1.